The van der Waals surface area contributed by atoms with Gasteiger partial charge in [0.25, 0.3) is 0 Å². The normalized spacial score (nSPS) is 32.3. The number of ether oxygens (including phenoxy) is 3. The van der Waals surface area contributed by atoms with Crippen LogP contribution in [-0.2, 0) is 33.4 Å². The molecule has 0 aliphatic heterocycles. The molecule has 0 aromatic heterocycles. The largest absolute Gasteiger partial charge is 0.469 e. The van der Waals surface area contributed by atoms with E-state index in [9.17, 15) is 19.2 Å². The van der Waals surface area contributed by atoms with Crippen LogP contribution in [0.15, 0.2) is 0 Å². The van der Waals surface area contributed by atoms with Gasteiger partial charge in [-0.1, -0.05) is 130 Å². The number of unbranched alkanes of at least 4 members (excludes halogenated alkanes) is 16. The Bertz CT molecular complexity index is 1250. The molecule has 0 aromatic rings. The number of carbonyl (C=O) groups excluding carboxylic acids is 4. The predicted molar refractivity (Wildman–Crippen MR) is 228 cm³/mol. The maximum Gasteiger partial charge on any atom is 0.305 e. The SMILES string of the molecule is CCCCCCCCCCCCCCCCCCCC(=O)N[C@H]1CC[C@@]2(C)C(C1)C[C@@H](OC(C)=O)[C@H]1[C@@H]3CC[C@H]([C@H](C)CCC(=O)OC)[C@@]3(C)[C@@H](OC(C)=O)C[C@@H]12. The number of nitrogens with one attached hydrogen (secondary N) is 1. The number of amides is 1. The quantitative estimate of drug-likeness (QED) is 0.0556. The lowest BCUT2D eigenvalue weighted by molar-refractivity contribution is -0.220. The molecule has 4 saturated carbocycles. The van der Waals surface area contributed by atoms with Crippen molar-refractivity contribution in [3.63, 3.8) is 0 Å². The Balaban J connectivity index is 1.24. The van der Waals surface area contributed by atoms with E-state index in [0.717, 1.165) is 64.2 Å². The fourth-order valence-electron chi connectivity index (χ4n) is 12.9. The summed E-state index contributed by atoms with van der Waals surface area (Å²) in [6.45, 7) is 12.3. The van der Waals surface area contributed by atoms with Crippen LogP contribution in [0, 0.1) is 46.3 Å². The fraction of sp³-hybridized carbons (Fsp3) is 0.918. The minimum atomic E-state index is -0.276. The molecular formula is C49H85NO7. The average Bonchev–Trinajstić information content (AvgIpc) is 3.53. The molecule has 8 nitrogen and oxygen atoms in total. The summed E-state index contributed by atoms with van der Waals surface area (Å²) in [6.07, 6.45) is 30.4. The first kappa shape index (κ1) is 47.6. The Kier molecular flexibility index (Phi) is 19.7. The summed E-state index contributed by atoms with van der Waals surface area (Å²) in [4.78, 5) is 50.6. The van der Waals surface area contributed by atoms with Crippen molar-refractivity contribution in [2.24, 2.45) is 46.3 Å². The monoisotopic (exact) mass is 800 g/mol. The fourth-order valence-corrected chi connectivity index (χ4v) is 12.9. The highest BCUT2D eigenvalue weighted by Crippen LogP contribution is 2.69. The zero-order valence-electron chi connectivity index (χ0n) is 37.6. The van der Waals surface area contributed by atoms with E-state index in [2.05, 4.69) is 33.0 Å². The van der Waals surface area contributed by atoms with Crippen molar-refractivity contribution in [1.82, 2.24) is 5.32 Å². The van der Waals surface area contributed by atoms with Crippen molar-refractivity contribution < 1.29 is 33.4 Å². The third-order valence-corrected chi connectivity index (χ3v) is 16.0. The highest BCUT2D eigenvalue weighted by molar-refractivity contribution is 5.76. The molecule has 0 radical (unpaired) electrons. The second kappa shape index (κ2) is 23.6. The second-order valence-electron chi connectivity index (χ2n) is 19.8. The van der Waals surface area contributed by atoms with E-state index in [4.69, 9.17) is 14.2 Å². The summed E-state index contributed by atoms with van der Waals surface area (Å²) in [6, 6.07) is 0.139. The van der Waals surface area contributed by atoms with Crippen LogP contribution in [-0.4, -0.2) is 49.2 Å². The van der Waals surface area contributed by atoms with Gasteiger partial charge >= 0.3 is 17.9 Å². The van der Waals surface area contributed by atoms with Crippen LogP contribution in [0.2, 0.25) is 0 Å². The lowest BCUT2D eigenvalue weighted by Crippen LogP contribution is -2.64. The number of esters is 3. The van der Waals surface area contributed by atoms with Crippen molar-refractivity contribution in [2.75, 3.05) is 7.11 Å². The second-order valence-corrected chi connectivity index (χ2v) is 19.8. The highest BCUT2D eigenvalue weighted by atomic mass is 16.5. The minimum Gasteiger partial charge on any atom is -0.469 e. The van der Waals surface area contributed by atoms with Crippen LogP contribution in [0.4, 0.5) is 0 Å². The first-order valence-electron chi connectivity index (χ1n) is 24.1. The van der Waals surface area contributed by atoms with E-state index in [0.29, 0.717) is 18.8 Å². The smallest absolute Gasteiger partial charge is 0.305 e. The van der Waals surface area contributed by atoms with Gasteiger partial charge in [-0.2, -0.15) is 0 Å². The van der Waals surface area contributed by atoms with Gasteiger partial charge in [-0.05, 0) is 92.8 Å². The summed E-state index contributed by atoms with van der Waals surface area (Å²) in [5.74, 6) is 1.04. The Hall–Kier alpha value is -2.12. The molecule has 57 heavy (non-hydrogen) atoms. The molecule has 1 amide bonds. The number of rotatable bonds is 25. The molecule has 328 valence electrons. The van der Waals surface area contributed by atoms with Crippen LogP contribution in [0.3, 0.4) is 0 Å². The third-order valence-electron chi connectivity index (χ3n) is 16.0. The molecule has 11 atom stereocenters. The Morgan fingerprint density at radius 1 is 0.684 bits per heavy atom. The van der Waals surface area contributed by atoms with Gasteiger partial charge in [0.2, 0.25) is 5.91 Å². The Morgan fingerprint density at radius 2 is 1.25 bits per heavy atom. The van der Waals surface area contributed by atoms with Gasteiger partial charge in [-0.3, -0.25) is 19.2 Å². The van der Waals surface area contributed by atoms with Gasteiger partial charge in [0, 0.05) is 44.1 Å². The third kappa shape index (κ3) is 13.2. The van der Waals surface area contributed by atoms with Gasteiger partial charge in [0.15, 0.2) is 0 Å². The zero-order valence-corrected chi connectivity index (χ0v) is 37.6. The summed E-state index contributed by atoms with van der Waals surface area (Å²) < 4.78 is 17.6. The van der Waals surface area contributed by atoms with Gasteiger partial charge in [-0.15, -0.1) is 0 Å². The van der Waals surface area contributed by atoms with Crippen molar-refractivity contribution in [3.8, 4) is 0 Å². The molecule has 0 saturated heterocycles. The maximum atomic E-state index is 13.2. The van der Waals surface area contributed by atoms with Crippen LogP contribution in [0.5, 0.6) is 0 Å². The zero-order chi connectivity index (χ0) is 41.4. The van der Waals surface area contributed by atoms with Crippen LogP contribution in [0.1, 0.15) is 215 Å². The lowest BCUT2D eigenvalue weighted by atomic mass is 9.43. The maximum absolute atomic E-state index is 13.2. The molecule has 8 heteroatoms. The first-order valence-corrected chi connectivity index (χ1v) is 24.1. The molecule has 1 N–H and O–H groups in total. The van der Waals surface area contributed by atoms with Crippen LogP contribution in [0.25, 0.3) is 0 Å². The van der Waals surface area contributed by atoms with Crippen molar-refractivity contribution in [2.45, 2.75) is 233 Å². The van der Waals surface area contributed by atoms with E-state index in [1.54, 1.807) is 0 Å². The van der Waals surface area contributed by atoms with E-state index >= 15 is 0 Å². The molecule has 0 aromatic carbocycles. The van der Waals surface area contributed by atoms with Crippen molar-refractivity contribution in [1.29, 1.82) is 0 Å². The minimum absolute atomic E-state index is 0.00438. The van der Waals surface area contributed by atoms with Gasteiger partial charge in [0.1, 0.15) is 12.2 Å². The molecule has 4 fully saturated rings. The summed E-state index contributed by atoms with van der Waals surface area (Å²) in [5.41, 5.74) is -0.272. The molecule has 4 aliphatic carbocycles. The number of fused-ring (bicyclic) bond motifs is 5. The molecular weight excluding hydrogens is 715 g/mol. The first-order chi connectivity index (χ1) is 27.3. The lowest BCUT2D eigenvalue weighted by Gasteiger charge is -2.64. The number of methoxy groups -OCH3 is 1. The van der Waals surface area contributed by atoms with E-state index in [-0.39, 0.29) is 82.5 Å². The Labute approximate surface area is 348 Å². The number of hydrogen-bond acceptors (Lipinski definition) is 7. The van der Waals surface area contributed by atoms with Crippen molar-refractivity contribution >= 4 is 23.8 Å². The van der Waals surface area contributed by atoms with E-state index < -0.39 is 0 Å². The molecule has 4 aliphatic rings. The number of hydrogen-bond donors (Lipinski definition) is 1. The predicted octanol–water partition coefficient (Wildman–Crippen LogP) is 11.8. The molecule has 0 spiro atoms. The Morgan fingerprint density at radius 3 is 1.79 bits per heavy atom. The molecule has 0 heterocycles. The van der Waals surface area contributed by atoms with E-state index in [1.165, 1.54) is 117 Å². The van der Waals surface area contributed by atoms with Gasteiger partial charge in [0.05, 0.1) is 7.11 Å². The summed E-state index contributed by atoms with van der Waals surface area (Å²) in [7, 11) is 1.44. The van der Waals surface area contributed by atoms with Gasteiger partial charge in [-0.25, -0.2) is 0 Å². The summed E-state index contributed by atoms with van der Waals surface area (Å²) >= 11 is 0. The van der Waals surface area contributed by atoms with Crippen LogP contribution >= 0.6 is 0 Å². The molecule has 0 bridgehead atoms. The van der Waals surface area contributed by atoms with Crippen molar-refractivity contribution in [3.05, 3.63) is 0 Å². The molecule has 4 rings (SSSR count). The standard InChI is InChI=1S/C49H85NO7/c1-8-9-10-11-12-13-14-15-16-17-18-19-20-21-22-23-24-25-45(53)50-39-30-31-48(5)38(32-39)33-43(56-36(3)51)47-41-28-27-40(35(2)26-29-46(54)55-7)49(41,6)44(34-42(47)48)57-37(4)52/h35,38-44,47H,8-34H2,1-7H3,(H,50,53)/t35-,38?,39+,40-,41+,42+,43-,44+,47+,48+,49-/m1/s1. The topological polar surface area (TPSA) is 108 Å². The number of carbonyl (C=O) groups is 4. The van der Waals surface area contributed by atoms with E-state index in [1.807, 2.05) is 0 Å². The average molecular weight is 800 g/mol. The molecule has 1 unspecified atom stereocenters. The summed E-state index contributed by atoms with van der Waals surface area (Å²) in [5, 5.41) is 3.42. The van der Waals surface area contributed by atoms with Crippen LogP contribution < -0.4 is 5.32 Å². The highest BCUT2D eigenvalue weighted by Gasteiger charge is 2.67. The van der Waals surface area contributed by atoms with Gasteiger partial charge < -0.3 is 19.5 Å².